The van der Waals surface area contributed by atoms with Gasteiger partial charge < -0.3 is 19.9 Å². The van der Waals surface area contributed by atoms with E-state index in [1.165, 1.54) is 13.2 Å². The van der Waals surface area contributed by atoms with E-state index in [1.807, 2.05) is 25.9 Å². The van der Waals surface area contributed by atoms with Gasteiger partial charge in [0.05, 0.1) is 13.2 Å². The zero-order valence-corrected chi connectivity index (χ0v) is 14.3. The number of urea groups is 1. The molecular weight excluding hydrogens is 297 g/mol. The first kappa shape index (κ1) is 17.5. The van der Waals surface area contributed by atoms with E-state index in [4.69, 9.17) is 4.74 Å². The number of nitrogens with zero attached hydrogens (tertiary/aromatic N) is 2. The number of rotatable bonds is 5. The number of halogens is 1. The molecule has 6 heteroatoms. The molecule has 1 aromatic carbocycles. The van der Waals surface area contributed by atoms with E-state index in [9.17, 15) is 9.18 Å². The molecule has 23 heavy (non-hydrogen) atoms. The zero-order chi connectivity index (χ0) is 17.0. The third-order valence-electron chi connectivity index (χ3n) is 4.21. The highest BCUT2D eigenvalue weighted by atomic mass is 19.1. The molecule has 128 valence electrons. The predicted octanol–water partition coefficient (Wildman–Crippen LogP) is 2.49. The fourth-order valence-corrected chi connectivity index (χ4v) is 2.99. The van der Waals surface area contributed by atoms with Gasteiger partial charge in [-0.2, -0.15) is 0 Å². The van der Waals surface area contributed by atoms with Gasteiger partial charge in [0.1, 0.15) is 0 Å². The van der Waals surface area contributed by atoms with Gasteiger partial charge in [0, 0.05) is 19.6 Å². The second-order valence-electron chi connectivity index (χ2n) is 6.43. The van der Waals surface area contributed by atoms with Gasteiger partial charge in [-0.1, -0.05) is 6.07 Å². The fourth-order valence-electron chi connectivity index (χ4n) is 2.99. The maximum atomic E-state index is 13.5. The lowest BCUT2D eigenvalue weighted by atomic mass is 10.1. The number of carbonyl (C=O) groups is 1. The largest absolute Gasteiger partial charge is 0.494 e. The molecule has 2 atom stereocenters. The molecule has 0 unspecified atom stereocenters. The van der Waals surface area contributed by atoms with Crippen LogP contribution in [-0.4, -0.2) is 56.7 Å². The van der Waals surface area contributed by atoms with Crippen LogP contribution >= 0.6 is 0 Å². The van der Waals surface area contributed by atoms with Crippen molar-refractivity contribution in [2.24, 2.45) is 5.92 Å². The molecule has 0 aliphatic carbocycles. The van der Waals surface area contributed by atoms with Crippen LogP contribution in [0.1, 0.15) is 24.9 Å². The first-order chi connectivity index (χ1) is 10.9. The molecule has 2 amide bonds. The lowest BCUT2D eigenvalue weighted by Gasteiger charge is -2.22. The van der Waals surface area contributed by atoms with Gasteiger partial charge in [-0.05, 0) is 51.1 Å². The molecule has 0 bridgehead atoms. The highest BCUT2D eigenvalue weighted by Gasteiger charge is 2.27. The summed E-state index contributed by atoms with van der Waals surface area (Å²) in [6, 6.07) is 4.38. The highest BCUT2D eigenvalue weighted by molar-refractivity contribution is 5.75. The van der Waals surface area contributed by atoms with Gasteiger partial charge in [0.25, 0.3) is 0 Å². The van der Waals surface area contributed by atoms with E-state index >= 15 is 0 Å². The van der Waals surface area contributed by atoms with E-state index in [0.717, 1.165) is 31.6 Å². The van der Waals surface area contributed by atoms with E-state index in [-0.39, 0.29) is 17.8 Å². The monoisotopic (exact) mass is 323 g/mol. The van der Waals surface area contributed by atoms with Crippen molar-refractivity contribution in [3.05, 3.63) is 29.6 Å². The Labute approximate surface area is 137 Å². The molecule has 1 heterocycles. The lowest BCUT2D eigenvalue weighted by Crippen LogP contribution is -2.40. The van der Waals surface area contributed by atoms with E-state index in [0.29, 0.717) is 5.92 Å². The summed E-state index contributed by atoms with van der Waals surface area (Å²) in [5, 5.41) is 2.98. The standard InChI is InChI=1S/C17H26FN3O2/c1-12(14-5-6-15(18)16(9-14)23-4)19-17(22)21-8-7-13(11-21)10-20(2)3/h5-6,9,12-13H,7-8,10-11H2,1-4H3,(H,19,22)/t12-,13+/m0/s1. The van der Waals surface area contributed by atoms with Crippen LogP contribution in [0.4, 0.5) is 9.18 Å². The van der Waals surface area contributed by atoms with Crippen LogP contribution in [0.25, 0.3) is 0 Å². The lowest BCUT2D eigenvalue weighted by molar-refractivity contribution is 0.202. The zero-order valence-electron chi connectivity index (χ0n) is 14.3. The Kier molecular flexibility index (Phi) is 5.82. The molecule has 1 aliphatic heterocycles. The van der Waals surface area contributed by atoms with Gasteiger partial charge in [0.15, 0.2) is 11.6 Å². The van der Waals surface area contributed by atoms with Crippen molar-refractivity contribution in [3.8, 4) is 5.75 Å². The number of hydrogen-bond acceptors (Lipinski definition) is 3. The van der Waals surface area contributed by atoms with Gasteiger partial charge in [-0.25, -0.2) is 9.18 Å². The molecule has 0 radical (unpaired) electrons. The number of hydrogen-bond donors (Lipinski definition) is 1. The molecule has 1 aliphatic rings. The summed E-state index contributed by atoms with van der Waals surface area (Å²) in [4.78, 5) is 16.4. The Balaban J connectivity index is 1.92. The number of likely N-dealkylation sites (tertiary alicyclic amines) is 1. The van der Waals surface area contributed by atoms with Crippen molar-refractivity contribution in [2.45, 2.75) is 19.4 Å². The predicted molar refractivity (Wildman–Crippen MR) is 88.1 cm³/mol. The molecule has 2 rings (SSSR count). The number of nitrogens with one attached hydrogen (secondary N) is 1. The smallest absolute Gasteiger partial charge is 0.317 e. The maximum absolute atomic E-state index is 13.5. The Hall–Kier alpha value is -1.82. The average molecular weight is 323 g/mol. The van der Waals surface area contributed by atoms with Gasteiger partial charge in [-0.15, -0.1) is 0 Å². The second kappa shape index (κ2) is 7.64. The highest BCUT2D eigenvalue weighted by Crippen LogP contribution is 2.23. The summed E-state index contributed by atoms with van der Waals surface area (Å²) in [6.07, 6.45) is 1.03. The van der Waals surface area contributed by atoms with Crippen LogP contribution in [0.5, 0.6) is 5.75 Å². The van der Waals surface area contributed by atoms with E-state index in [1.54, 1.807) is 12.1 Å². The Bertz CT molecular complexity index is 551. The van der Waals surface area contributed by atoms with Crippen molar-refractivity contribution < 1.29 is 13.9 Å². The molecule has 0 aromatic heterocycles. The number of benzene rings is 1. The molecule has 0 saturated carbocycles. The van der Waals surface area contributed by atoms with Crippen molar-refractivity contribution in [1.82, 2.24) is 15.1 Å². The minimum atomic E-state index is -0.402. The minimum Gasteiger partial charge on any atom is -0.494 e. The third-order valence-corrected chi connectivity index (χ3v) is 4.21. The molecule has 5 nitrogen and oxygen atoms in total. The van der Waals surface area contributed by atoms with Gasteiger partial charge >= 0.3 is 6.03 Å². The summed E-state index contributed by atoms with van der Waals surface area (Å²) in [7, 11) is 5.53. The summed E-state index contributed by atoms with van der Waals surface area (Å²) in [6.45, 7) is 4.44. The van der Waals surface area contributed by atoms with Gasteiger partial charge in [-0.3, -0.25) is 0 Å². The average Bonchev–Trinajstić information content (AvgIpc) is 2.95. The fraction of sp³-hybridized carbons (Fsp3) is 0.588. The van der Waals surface area contributed by atoms with Gasteiger partial charge in [0.2, 0.25) is 0 Å². The number of methoxy groups -OCH3 is 1. The van der Waals surface area contributed by atoms with Crippen LogP contribution in [0.3, 0.4) is 0 Å². The number of ether oxygens (including phenoxy) is 1. The van der Waals surface area contributed by atoms with Crippen LogP contribution in [-0.2, 0) is 0 Å². The number of amides is 2. The first-order valence-corrected chi connectivity index (χ1v) is 7.94. The molecule has 1 fully saturated rings. The summed E-state index contributed by atoms with van der Waals surface area (Å²) >= 11 is 0. The van der Waals surface area contributed by atoms with Crippen molar-refractivity contribution in [1.29, 1.82) is 0 Å². The van der Waals surface area contributed by atoms with E-state index < -0.39 is 5.82 Å². The quantitative estimate of drug-likeness (QED) is 0.905. The van der Waals surface area contributed by atoms with Crippen LogP contribution < -0.4 is 10.1 Å². The summed E-state index contributed by atoms with van der Waals surface area (Å²) in [5.41, 5.74) is 0.820. The molecule has 1 aromatic rings. The number of carbonyl (C=O) groups excluding carboxylic acids is 1. The second-order valence-corrected chi connectivity index (χ2v) is 6.43. The normalized spacial score (nSPS) is 19.0. The Morgan fingerprint density at radius 1 is 1.52 bits per heavy atom. The SMILES string of the molecule is COc1cc([C@H](C)NC(=O)N2CC[C@H](CN(C)C)C2)ccc1F. The third kappa shape index (κ3) is 4.58. The van der Waals surface area contributed by atoms with Crippen molar-refractivity contribution >= 4 is 6.03 Å². The maximum Gasteiger partial charge on any atom is 0.317 e. The van der Waals surface area contributed by atoms with Crippen LogP contribution in [0.15, 0.2) is 18.2 Å². The topological polar surface area (TPSA) is 44.8 Å². The summed E-state index contributed by atoms with van der Waals surface area (Å²) < 4.78 is 18.5. The molecular formula is C17H26FN3O2. The van der Waals surface area contributed by atoms with Crippen LogP contribution in [0.2, 0.25) is 0 Å². The molecule has 0 spiro atoms. The van der Waals surface area contributed by atoms with Crippen LogP contribution in [0, 0.1) is 11.7 Å². The Morgan fingerprint density at radius 3 is 2.91 bits per heavy atom. The van der Waals surface area contributed by atoms with Crippen molar-refractivity contribution in [3.63, 3.8) is 0 Å². The molecule has 1 N–H and O–H groups in total. The minimum absolute atomic E-state index is 0.0675. The first-order valence-electron chi connectivity index (χ1n) is 7.94. The Morgan fingerprint density at radius 2 is 2.26 bits per heavy atom. The molecule has 1 saturated heterocycles. The summed E-state index contributed by atoms with van der Waals surface area (Å²) in [5.74, 6) is 0.314. The van der Waals surface area contributed by atoms with Crippen molar-refractivity contribution in [2.75, 3.05) is 40.8 Å². The van der Waals surface area contributed by atoms with E-state index in [2.05, 4.69) is 10.2 Å².